The third-order valence-electron chi connectivity index (χ3n) is 4.17. The van der Waals surface area contributed by atoms with E-state index >= 15 is 0 Å². The van der Waals surface area contributed by atoms with Crippen molar-refractivity contribution in [3.63, 3.8) is 0 Å². The number of halogens is 1. The highest BCUT2D eigenvalue weighted by molar-refractivity contribution is 9.10. The lowest BCUT2D eigenvalue weighted by atomic mass is 10.1. The summed E-state index contributed by atoms with van der Waals surface area (Å²) in [7, 11) is 0. The zero-order valence-corrected chi connectivity index (χ0v) is 15.0. The van der Waals surface area contributed by atoms with Crippen LogP contribution in [0.5, 0.6) is 0 Å². The van der Waals surface area contributed by atoms with Crippen LogP contribution in [0.1, 0.15) is 22.0 Å². The minimum Gasteiger partial charge on any atom is -0.370 e. The van der Waals surface area contributed by atoms with Gasteiger partial charge in [-0.25, -0.2) is 0 Å². The van der Waals surface area contributed by atoms with Gasteiger partial charge in [-0.05, 0) is 27.6 Å². The lowest BCUT2D eigenvalue weighted by Crippen LogP contribution is -3.14. The van der Waals surface area contributed by atoms with Crippen LogP contribution in [0.2, 0.25) is 0 Å². The first-order valence-electron chi connectivity index (χ1n) is 8.10. The zero-order chi connectivity index (χ0) is 16.8. The van der Waals surface area contributed by atoms with E-state index in [-0.39, 0.29) is 11.9 Å². The van der Waals surface area contributed by atoms with Gasteiger partial charge in [-0.1, -0.05) is 30.3 Å². The highest BCUT2D eigenvalue weighted by Gasteiger charge is 2.23. The molecule has 126 valence electrons. The van der Waals surface area contributed by atoms with Gasteiger partial charge in [0.15, 0.2) is 0 Å². The minimum atomic E-state index is -0.106. The maximum atomic E-state index is 12.6. The Hall–Kier alpha value is -1.76. The standard InChI is InChI=1S/C18H20BrN3O2/c19-16-10-15(11-20-12-16)18(23)21-17(14-4-2-1-3-5-14)13-22-6-8-24-9-7-22/h1-5,10-12,17H,6-9,13H2,(H,21,23)/p+1/t17-/m1/s1. The zero-order valence-electron chi connectivity index (χ0n) is 13.4. The van der Waals surface area contributed by atoms with E-state index < -0.39 is 0 Å². The molecule has 2 N–H and O–H groups in total. The number of rotatable bonds is 5. The summed E-state index contributed by atoms with van der Waals surface area (Å²) in [6.07, 6.45) is 3.26. The summed E-state index contributed by atoms with van der Waals surface area (Å²) in [5.74, 6) is -0.106. The quantitative estimate of drug-likeness (QED) is 0.807. The number of ether oxygens (including phenoxy) is 1. The van der Waals surface area contributed by atoms with Crippen LogP contribution in [-0.4, -0.2) is 43.7 Å². The molecule has 1 fully saturated rings. The topological polar surface area (TPSA) is 55.7 Å². The van der Waals surface area contributed by atoms with Crippen molar-refractivity contribution < 1.29 is 14.4 Å². The van der Waals surface area contributed by atoms with E-state index in [1.165, 1.54) is 4.90 Å². The van der Waals surface area contributed by atoms with Crippen LogP contribution in [0.4, 0.5) is 0 Å². The van der Waals surface area contributed by atoms with Gasteiger partial charge < -0.3 is 15.0 Å². The fourth-order valence-corrected chi connectivity index (χ4v) is 3.23. The first-order chi connectivity index (χ1) is 11.7. The van der Waals surface area contributed by atoms with E-state index in [9.17, 15) is 4.79 Å². The van der Waals surface area contributed by atoms with Gasteiger partial charge in [0, 0.05) is 16.9 Å². The van der Waals surface area contributed by atoms with Crippen LogP contribution >= 0.6 is 15.9 Å². The van der Waals surface area contributed by atoms with Crippen molar-refractivity contribution in [3.8, 4) is 0 Å². The van der Waals surface area contributed by atoms with E-state index in [1.807, 2.05) is 18.2 Å². The maximum absolute atomic E-state index is 12.6. The number of nitrogens with zero attached hydrogens (tertiary/aromatic N) is 1. The molecule has 0 radical (unpaired) electrons. The number of amides is 1. The molecule has 0 unspecified atom stereocenters. The lowest BCUT2D eigenvalue weighted by Gasteiger charge is -2.28. The largest absolute Gasteiger partial charge is 0.370 e. The molecule has 1 aromatic carbocycles. The maximum Gasteiger partial charge on any atom is 0.253 e. The highest BCUT2D eigenvalue weighted by atomic mass is 79.9. The second kappa shape index (κ2) is 8.37. The molecule has 2 aromatic rings. The minimum absolute atomic E-state index is 0.0363. The fourth-order valence-electron chi connectivity index (χ4n) is 2.87. The van der Waals surface area contributed by atoms with Gasteiger partial charge >= 0.3 is 0 Å². The van der Waals surface area contributed by atoms with Crippen molar-refractivity contribution in [3.05, 3.63) is 64.4 Å². The van der Waals surface area contributed by atoms with Crippen LogP contribution < -0.4 is 10.2 Å². The van der Waals surface area contributed by atoms with Gasteiger partial charge in [0.25, 0.3) is 5.91 Å². The Kier molecular flexibility index (Phi) is 5.96. The van der Waals surface area contributed by atoms with Crippen molar-refractivity contribution in [2.45, 2.75) is 6.04 Å². The number of nitrogens with one attached hydrogen (secondary N) is 2. The molecule has 0 aliphatic carbocycles. The summed E-state index contributed by atoms with van der Waals surface area (Å²) >= 11 is 3.36. The van der Waals surface area contributed by atoms with Gasteiger partial charge in [0.2, 0.25) is 0 Å². The Balaban J connectivity index is 1.75. The molecule has 2 heterocycles. The summed E-state index contributed by atoms with van der Waals surface area (Å²) in [5.41, 5.74) is 1.68. The normalized spacial score (nSPS) is 16.5. The summed E-state index contributed by atoms with van der Waals surface area (Å²) in [6, 6.07) is 11.9. The molecule has 1 aliphatic heterocycles. The molecular weight excluding hydrogens is 370 g/mol. The molecular formula is C18H21BrN3O2+. The number of carbonyl (C=O) groups is 1. The Labute approximate surface area is 150 Å². The monoisotopic (exact) mass is 390 g/mol. The van der Waals surface area contributed by atoms with Crippen molar-refractivity contribution in [2.24, 2.45) is 0 Å². The van der Waals surface area contributed by atoms with Gasteiger partial charge in [-0.2, -0.15) is 0 Å². The molecule has 0 saturated carbocycles. The molecule has 1 atom stereocenters. The molecule has 1 aliphatic rings. The third kappa shape index (κ3) is 4.63. The number of carbonyl (C=O) groups excluding carboxylic acids is 1. The van der Waals surface area contributed by atoms with E-state index in [0.29, 0.717) is 5.56 Å². The Morgan fingerprint density at radius 3 is 2.71 bits per heavy atom. The van der Waals surface area contributed by atoms with Crippen LogP contribution in [0, 0.1) is 0 Å². The molecule has 0 bridgehead atoms. The first-order valence-corrected chi connectivity index (χ1v) is 8.89. The number of hydrogen-bond donors (Lipinski definition) is 2. The average molecular weight is 391 g/mol. The number of morpholine rings is 1. The van der Waals surface area contributed by atoms with Crippen LogP contribution in [0.25, 0.3) is 0 Å². The fraction of sp³-hybridized carbons (Fsp3) is 0.333. The SMILES string of the molecule is O=C(N[C@H](C[NH+]1CCOCC1)c1ccccc1)c1cncc(Br)c1. The lowest BCUT2D eigenvalue weighted by molar-refractivity contribution is -0.909. The Bertz CT molecular complexity index is 675. The van der Waals surface area contributed by atoms with Gasteiger partial charge in [-0.3, -0.25) is 9.78 Å². The van der Waals surface area contributed by atoms with Gasteiger partial charge in [0.1, 0.15) is 25.7 Å². The molecule has 1 aromatic heterocycles. The summed E-state index contributed by atoms with van der Waals surface area (Å²) in [6.45, 7) is 4.34. The van der Waals surface area contributed by atoms with Crippen molar-refractivity contribution in [1.29, 1.82) is 0 Å². The van der Waals surface area contributed by atoms with E-state index in [4.69, 9.17) is 4.74 Å². The molecule has 0 spiro atoms. The van der Waals surface area contributed by atoms with Crippen molar-refractivity contribution in [1.82, 2.24) is 10.3 Å². The predicted molar refractivity (Wildman–Crippen MR) is 95.0 cm³/mol. The summed E-state index contributed by atoms with van der Waals surface area (Å²) < 4.78 is 6.23. The van der Waals surface area contributed by atoms with Crippen LogP contribution in [-0.2, 0) is 4.74 Å². The second-order valence-electron chi connectivity index (χ2n) is 5.90. The highest BCUT2D eigenvalue weighted by Crippen LogP contribution is 2.14. The Morgan fingerprint density at radius 1 is 1.25 bits per heavy atom. The number of aromatic nitrogens is 1. The van der Waals surface area contributed by atoms with Gasteiger partial charge in [0.05, 0.1) is 18.8 Å². The van der Waals surface area contributed by atoms with E-state index in [0.717, 1.165) is 42.9 Å². The molecule has 24 heavy (non-hydrogen) atoms. The van der Waals surface area contributed by atoms with Gasteiger partial charge in [-0.15, -0.1) is 0 Å². The number of benzene rings is 1. The second-order valence-corrected chi connectivity index (χ2v) is 6.81. The Morgan fingerprint density at radius 2 is 2.00 bits per heavy atom. The molecule has 5 nitrogen and oxygen atoms in total. The molecule has 1 amide bonds. The molecule has 6 heteroatoms. The third-order valence-corrected chi connectivity index (χ3v) is 4.60. The summed E-state index contributed by atoms with van der Waals surface area (Å²) in [4.78, 5) is 18.1. The average Bonchev–Trinajstić information content (AvgIpc) is 2.63. The molecule has 3 rings (SSSR count). The smallest absolute Gasteiger partial charge is 0.253 e. The van der Waals surface area contributed by atoms with E-state index in [2.05, 4.69) is 38.4 Å². The van der Waals surface area contributed by atoms with Crippen molar-refractivity contribution in [2.75, 3.05) is 32.8 Å². The number of pyridine rings is 1. The van der Waals surface area contributed by atoms with Crippen LogP contribution in [0.3, 0.4) is 0 Å². The number of quaternary nitrogens is 1. The van der Waals surface area contributed by atoms with Crippen LogP contribution in [0.15, 0.2) is 53.3 Å². The first kappa shape index (κ1) is 17.1. The predicted octanol–water partition coefficient (Wildman–Crippen LogP) is 1.23. The molecule has 1 saturated heterocycles. The summed E-state index contributed by atoms with van der Waals surface area (Å²) in [5, 5.41) is 3.16. The van der Waals surface area contributed by atoms with Crippen molar-refractivity contribution >= 4 is 21.8 Å². The van der Waals surface area contributed by atoms with E-state index in [1.54, 1.807) is 18.5 Å². The number of hydrogen-bond acceptors (Lipinski definition) is 3.